The Hall–Kier alpha value is -2.09. The number of nitrogens with one attached hydrogen (secondary N) is 1. The summed E-state index contributed by atoms with van der Waals surface area (Å²) in [7, 11) is 0. The number of anilines is 1. The number of aromatic nitrogens is 2. The maximum atomic E-state index is 13.1. The summed E-state index contributed by atoms with van der Waals surface area (Å²) in [6.07, 6.45) is -4.33. The minimum absolute atomic E-state index is 0.150. The number of fused-ring (bicyclic) bond motifs is 1. The summed E-state index contributed by atoms with van der Waals surface area (Å²) >= 11 is 0. The van der Waals surface area contributed by atoms with Crippen molar-refractivity contribution in [3.8, 4) is 0 Å². The van der Waals surface area contributed by atoms with Crippen molar-refractivity contribution >= 4 is 22.9 Å². The summed E-state index contributed by atoms with van der Waals surface area (Å²) in [6, 6.07) is 4.61. The molecule has 26 heavy (non-hydrogen) atoms. The summed E-state index contributed by atoms with van der Waals surface area (Å²) in [5.74, 6) is -0.557. The first-order valence-electron chi connectivity index (χ1n) is 8.25. The van der Waals surface area contributed by atoms with Crippen LogP contribution in [0.3, 0.4) is 0 Å². The second-order valence-corrected chi connectivity index (χ2v) is 8.18. The maximum absolute atomic E-state index is 13.1. The lowest BCUT2D eigenvalue weighted by molar-refractivity contribution is -0.139. The van der Waals surface area contributed by atoms with Crippen molar-refractivity contribution in [1.82, 2.24) is 9.55 Å². The van der Waals surface area contributed by atoms with Crippen LogP contribution in [0.25, 0.3) is 11.0 Å². The molecule has 5 nitrogen and oxygen atoms in total. The van der Waals surface area contributed by atoms with Gasteiger partial charge < -0.3 is 9.67 Å². The highest BCUT2D eigenvalue weighted by Crippen LogP contribution is 2.30. The molecule has 0 saturated carbocycles. The van der Waals surface area contributed by atoms with Crippen LogP contribution in [0.1, 0.15) is 46.6 Å². The van der Waals surface area contributed by atoms with Gasteiger partial charge in [-0.2, -0.15) is 13.2 Å². The van der Waals surface area contributed by atoms with Crippen LogP contribution in [0.5, 0.6) is 0 Å². The molecule has 0 fully saturated rings. The van der Waals surface area contributed by atoms with E-state index < -0.39 is 24.2 Å². The summed E-state index contributed by atoms with van der Waals surface area (Å²) in [5.41, 5.74) is -0.543. The van der Waals surface area contributed by atoms with E-state index in [2.05, 4.69) is 10.3 Å². The van der Waals surface area contributed by atoms with E-state index in [9.17, 15) is 23.1 Å². The first-order valence-corrected chi connectivity index (χ1v) is 8.25. The van der Waals surface area contributed by atoms with Gasteiger partial charge >= 0.3 is 6.18 Å². The Morgan fingerprint density at radius 2 is 1.81 bits per heavy atom. The zero-order valence-electron chi connectivity index (χ0n) is 15.5. The van der Waals surface area contributed by atoms with E-state index >= 15 is 0 Å². The van der Waals surface area contributed by atoms with Crippen LogP contribution in [0.4, 0.5) is 19.1 Å². The van der Waals surface area contributed by atoms with Crippen molar-refractivity contribution in [3.05, 3.63) is 23.8 Å². The Kier molecular flexibility index (Phi) is 5.11. The SMILES string of the molecule is CC(C)(C)CC(=O)Nc1nc2ccc(C(C)(C)O)cc2n1CC(F)(F)F. The molecule has 0 bridgehead atoms. The molecule has 2 rings (SSSR count). The number of alkyl halides is 3. The smallest absolute Gasteiger partial charge is 0.386 e. The van der Waals surface area contributed by atoms with Gasteiger partial charge in [-0.25, -0.2) is 4.98 Å². The fourth-order valence-electron chi connectivity index (χ4n) is 2.59. The number of aliphatic hydroxyl groups is 1. The Morgan fingerprint density at radius 1 is 1.19 bits per heavy atom. The number of amides is 1. The van der Waals surface area contributed by atoms with Crippen molar-refractivity contribution in [2.75, 3.05) is 5.32 Å². The molecule has 0 aliphatic carbocycles. The van der Waals surface area contributed by atoms with Gasteiger partial charge in [-0.3, -0.25) is 10.1 Å². The van der Waals surface area contributed by atoms with Crippen LogP contribution in [0.15, 0.2) is 18.2 Å². The molecule has 1 heterocycles. The number of hydrogen-bond donors (Lipinski definition) is 2. The van der Waals surface area contributed by atoms with E-state index in [-0.39, 0.29) is 23.3 Å². The summed E-state index contributed by atoms with van der Waals surface area (Å²) in [4.78, 5) is 16.3. The number of carbonyl (C=O) groups is 1. The first kappa shape index (κ1) is 20.2. The zero-order chi connectivity index (χ0) is 19.9. The van der Waals surface area contributed by atoms with Gasteiger partial charge in [-0.05, 0) is 37.0 Å². The second-order valence-electron chi connectivity index (χ2n) is 8.18. The molecule has 1 aromatic heterocycles. The molecule has 2 N–H and O–H groups in total. The Morgan fingerprint density at radius 3 is 2.31 bits per heavy atom. The van der Waals surface area contributed by atoms with E-state index in [0.29, 0.717) is 11.1 Å². The average Bonchev–Trinajstić information content (AvgIpc) is 2.71. The Bertz CT molecular complexity index is 812. The maximum Gasteiger partial charge on any atom is 0.406 e. The van der Waals surface area contributed by atoms with Crippen LogP contribution >= 0.6 is 0 Å². The number of halogens is 3. The highest BCUT2D eigenvalue weighted by Gasteiger charge is 2.31. The lowest BCUT2D eigenvalue weighted by atomic mass is 9.92. The van der Waals surface area contributed by atoms with Crippen LogP contribution in [-0.2, 0) is 16.9 Å². The van der Waals surface area contributed by atoms with E-state index in [0.717, 1.165) is 4.57 Å². The Balaban J connectivity index is 2.51. The van der Waals surface area contributed by atoms with E-state index in [1.54, 1.807) is 19.9 Å². The monoisotopic (exact) mass is 371 g/mol. The highest BCUT2D eigenvalue weighted by atomic mass is 19.4. The highest BCUT2D eigenvalue weighted by molar-refractivity contribution is 5.92. The van der Waals surface area contributed by atoms with Gasteiger partial charge in [0.1, 0.15) is 6.54 Å². The van der Waals surface area contributed by atoms with Crippen LogP contribution < -0.4 is 5.32 Å². The third-order valence-electron chi connectivity index (χ3n) is 3.73. The molecule has 0 aliphatic heterocycles. The summed E-state index contributed by atoms with van der Waals surface area (Å²) in [6.45, 7) is 7.39. The quantitative estimate of drug-likeness (QED) is 0.846. The molecule has 144 valence electrons. The molecule has 0 atom stereocenters. The van der Waals surface area contributed by atoms with Crippen molar-refractivity contribution in [2.24, 2.45) is 5.41 Å². The Labute approximate surface area is 150 Å². The largest absolute Gasteiger partial charge is 0.406 e. The van der Waals surface area contributed by atoms with E-state index in [1.807, 2.05) is 20.8 Å². The standard InChI is InChI=1S/C18H24F3N3O2/c1-16(2,3)9-14(25)23-15-22-12-7-6-11(17(4,5)26)8-13(12)24(15)10-18(19,20)21/h6-8,26H,9-10H2,1-5H3,(H,22,23,25). The number of carbonyl (C=O) groups excluding carboxylic acids is 1. The van der Waals surface area contributed by atoms with E-state index in [1.165, 1.54) is 12.1 Å². The van der Waals surface area contributed by atoms with Gasteiger partial charge in [0, 0.05) is 6.42 Å². The minimum Gasteiger partial charge on any atom is -0.386 e. The second kappa shape index (κ2) is 6.57. The molecule has 0 spiro atoms. The topological polar surface area (TPSA) is 67.2 Å². The minimum atomic E-state index is -4.48. The molecule has 1 aromatic carbocycles. The summed E-state index contributed by atoms with van der Waals surface area (Å²) < 4.78 is 40.1. The number of hydrogen-bond acceptors (Lipinski definition) is 3. The lowest BCUT2D eigenvalue weighted by Gasteiger charge is -2.19. The third kappa shape index (κ3) is 5.20. The van der Waals surface area contributed by atoms with Crippen LogP contribution in [0, 0.1) is 5.41 Å². The predicted octanol–water partition coefficient (Wildman–Crippen LogP) is 4.20. The molecule has 1 amide bonds. The average molecular weight is 371 g/mol. The number of benzene rings is 1. The van der Waals surface area contributed by atoms with Gasteiger partial charge in [-0.1, -0.05) is 26.8 Å². The van der Waals surface area contributed by atoms with Gasteiger partial charge in [0.2, 0.25) is 11.9 Å². The van der Waals surface area contributed by atoms with Crippen LogP contribution in [-0.4, -0.2) is 26.7 Å². The van der Waals surface area contributed by atoms with Gasteiger partial charge in [0.15, 0.2) is 0 Å². The molecule has 2 aromatic rings. The molecule has 0 radical (unpaired) electrons. The fraction of sp³-hybridized carbons (Fsp3) is 0.556. The molecule has 0 unspecified atom stereocenters. The third-order valence-corrected chi connectivity index (χ3v) is 3.73. The van der Waals surface area contributed by atoms with Crippen molar-refractivity contribution < 1.29 is 23.1 Å². The van der Waals surface area contributed by atoms with Gasteiger partial charge in [0.25, 0.3) is 0 Å². The summed E-state index contributed by atoms with van der Waals surface area (Å²) in [5, 5.41) is 12.6. The predicted molar refractivity (Wildman–Crippen MR) is 93.7 cm³/mol. The van der Waals surface area contributed by atoms with Crippen molar-refractivity contribution in [3.63, 3.8) is 0 Å². The zero-order valence-corrected chi connectivity index (χ0v) is 15.5. The normalized spacial score (nSPS) is 13.3. The molecule has 8 heteroatoms. The molecular formula is C18H24F3N3O2. The first-order chi connectivity index (χ1) is 11.7. The number of nitrogens with zero attached hydrogens (tertiary/aromatic N) is 2. The number of imidazole rings is 1. The van der Waals surface area contributed by atoms with E-state index in [4.69, 9.17) is 0 Å². The molecule has 0 aliphatic rings. The van der Waals surface area contributed by atoms with Crippen molar-refractivity contribution in [2.45, 2.75) is 59.4 Å². The van der Waals surface area contributed by atoms with Crippen LogP contribution in [0.2, 0.25) is 0 Å². The molecular weight excluding hydrogens is 347 g/mol. The van der Waals surface area contributed by atoms with Gasteiger partial charge in [-0.15, -0.1) is 0 Å². The van der Waals surface area contributed by atoms with Gasteiger partial charge in [0.05, 0.1) is 16.6 Å². The fourth-order valence-corrected chi connectivity index (χ4v) is 2.59. The molecule has 0 saturated heterocycles. The lowest BCUT2D eigenvalue weighted by Crippen LogP contribution is -2.24. The number of rotatable bonds is 4. The van der Waals surface area contributed by atoms with Crippen molar-refractivity contribution in [1.29, 1.82) is 0 Å².